The van der Waals surface area contributed by atoms with Crippen LogP contribution in [0.1, 0.15) is 69.3 Å². The van der Waals surface area contributed by atoms with Gasteiger partial charge >= 0.3 is 0 Å². The first-order chi connectivity index (χ1) is 12.7. The molecule has 2 saturated heterocycles. The first-order valence-corrected chi connectivity index (χ1v) is 10.1. The van der Waals surface area contributed by atoms with E-state index in [0.29, 0.717) is 25.9 Å². The standard InChI is InChI=1S/C21H29N3O2/c25-19-8-3-11-21(23-19)15-24(14-18(21)17-7-4-12-22-13-17)20(26)10-9-16-5-1-2-6-16/h4,7,12-13,16,18H,1-3,5-6,8-11,14-15H2,(H,23,25)/t18-,21+/m0/s1. The van der Waals surface area contributed by atoms with E-state index in [0.717, 1.165) is 30.7 Å². The van der Waals surface area contributed by atoms with E-state index < -0.39 is 0 Å². The molecule has 1 saturated carbocycles. The van der Waals surface area contributed by atoms with E-state index in [1.54, 1.807) is 6.20 Å². The molecule has 1 N–H and O–H groups in total. The monoisotopic (exact) mass is 355 g/mol. The summed E-state index contributed by atoms with van der Waals surface area (Å²) in [5.74, 6) is 1.24. The molecule has 5 nitrogen and oxygen atoms in total. The van der Waals surface area contributed by atoms with Gasteiger partial charge in [0.05, 0.1) is 5.54 Å². The molecule has 1 aliphatic carbocycles. The van der Waals surface area contributed by atoms with Crippen molar-refractivity contribution in [3.8, 4) is 0 Å². The molecule has 3 heterocycles. The predicted molar refractivity (Wildman–Crippen MR) is 99.5 cm³/mol. The summed E-state index contributed by atoms with van der Waals surface area (Å²) in [6.45, 7) is 1.33. The average Bonchev–Trinajstić information content (AvgIpc) is 3.29. The molecule has 0 unspecified atom stereocenters. The minimum atomic E-state index is -0.318. The molecule has 140 valence electrons. The Labute approximate surface area is 155 Å². The number of nitrogens with one attached hydrogen (secondary N) is 1. The van der Waals surface area contributed by atoms with Crippen molar-refractivity contribution in [1.29, 1.82) is 0 Å². The van der Waals surface area contributed by atoms with Crippen molar-refractivity contribution < 1.29 is 9.59 Å². The summed E-state index contributed by atoms with van der Waals surface area (Å²) in [7, 11) is 0. The molecule has 4 rings (SSSR count). The lowest BCUT2D eigenvalue weighted by molar-refractivity contribution is -0.131. The second-order valence-corrected chi connectivity index (χ2v) is 8.36. The van der Waals surface area contributed by atoms with Gasteiger partial charge in [0, 0.05) is 44.2 Å². The Kier molecular flexibility index (Phi) is 4.96. The van der Waals surface area contributed by atoms with E-state index in [9.17, 15) is 9.59 Å². The number of nitrogens with zero attached hydrogens (tertiary/aromatic N) is 2. The molecule has 1 spiro atoms. The summed E-state index contributed by atoms with van der Waals surface area (Å²) in [5.41, 5.74) is 0.808. The second kappa shape index (κ2) is 7.37. The Balaban J connectivity index is 1.49. The molecular weight excluding hydrogens is 326 g/mol. The SMILES string of the molecule is O=C1CCC[C@]2(CN(C(=O)CCC3CCCC3)C[C@H]2c2cccnc2)N1. The summed E-state index contributed by atoms with van der Waals surface area (Å²) >= 11 is 0. The fourth-order valence-corrected chi connectivity index (χ4v) is 5.24. The Morgan fingerprint density at radius 1 is 1.31 bits per heavy atom. The van der Waals surface area contributed by atoms with Crippen molar-refractivity contribution in [2.24, 2.45) is 5.92 Å². The zero-order chi connectivity index (χ0) is 18.0. The van der Waals surface area contributed by atoms with Gasteiger partial charge < -0.3 is 10.2 Å². The summed E-state index contributed by atoms with van der Waals surface area (Å²) < 4.78 is 0. The number of hydrogen-bond donors (Lipinski definition) is 1. The van der Waals surface area contributed by atoms with Gasteiger partial charge in [-0.25, -0.2) is 0 Å². The van der Waals surface area contributed by atoms with E-state index in [-0.39, 0.29) is 23.3 Å². The second-order valence-electron chi connectivity index (χ2n) is 8.36. The van der Waals surface area contributed by atoms with E-state index in [1.165, 1.54) is 25.7 Å². The van der Waals surface area contributed by atoms with Crippen LogP contribution in [0.25, 0.3) is 0 Å². The Morgan fingerprint density at radius 2 is 2.15 bits per heavy atom. The van der Waals surface area contributed by atoms with Gasteiger partial charge in [-0.05, 0) is 36.8 Å². The van der Waals surface area contributed by atoms with Crippen LogP contribution in [0.4, 0.5) is 0 Å². The first-order valence-electron chi connectivity index (χ1n) is 10.1. The van der Waals surface area contributed by atoms with E-state index >= 15 is 0 Å². The van der Waals surface area contributed by atoms with E-state index in [4.69, 9.17) is 0 Å². The number of pyridine rings is 1. The molecular formula is C21H29N3O2. The molecule has 0 bridgehead atoms. The maximum Gasteiger partial charge on any atom is 0.222 e. The van der Waals surface area contributed by atoms with Gasteiger partial charge in [0.2, 0.25) is 11.8 Å². The van der Waals surface area contributed by atoms with Gasteiger partial charge in [0.1, 0.15) is 0 Å². The highest BCUT2D eigenvalue weighted by atomic mass is 16.2. The quantitative estimate of drug-likeness (QED) is 0.903. The molecule has 0 aromatic carbocycles. The minimum absolute atomic E-state index is 0.116. The van der Waals surface area contributed by atoms with Crippen LogP contribution in [-0.4, -0.2) is 40.3 Å². The number of likely N-dealkylation sites (tertiary alicyclic amines) is 1. The maximum absolute atomic E-state index is 12.9. The number of piperidine rings is 1. The number of amides is 2. The predicted octanol–water partition coefficient (Wildman–Crippen LogP) is 3.02. The topological polar surface area (TPSA) is 62.3 Å². The van der Waals surface area contributed by atoms with Crippen molar-refractivity contribution >= 4 is 11.8 Å². The summed E-state index contributed by atoms with van der Waals surface area (Å²) in [4.78, 5) is 31.3. The van der Waals surface area contributed by atoms with Crippen LogP contribution in [-0.2, 0) is 9.59 Å². The average molecular weight is 355 g/mol. The number of carbonyl (C=O) groups is 2. The van der Waals surface area contributed by atoms with Crippen LogP contribution < -0.4 is 5.32 Å². The smallest absolute Gasteiger partial charge is 0.222 e. The highest BCUT2D eigenvalue weighted by molar-refractivity contribution is 5.80. The Morgan fingerprint density at radius 3 is 2.88 bits per heavy atom. The van der Waals surface area contributed by atoms with Crippen molar-refractivity contribution in [3.63, 3.8) is 0 Å². The largest absolute Gasteiger partial charge is 0.348 e. The van der Waals surface area contributed by atoms with Crippen molar-refractivity contribution in [3.05, 3.63) is 30.1 Å². The van der Waals surface area contributed by atoms with Crippen molar-refractivity contribution in [1.82, 2.24) is 15.2 Å². The fraction of sp³-hybridized carbons (Fsp3) is 0.667. The third-order valence-corrected chi connectivity index (χ3v) is 6.64. The lowest BCUT2D eigenvalue weighted by Crippen LogP contribution is -2.56. The van der Waals surface area contributed by atoms with E-state index in [1.807, 2.05) is 17.2 Å². The molecule has 2 aliphatic heterocycles. The first kappa shape index (κ1) is 17.5. The van der Waals surface area contributed by atoms with Gasteiger partial charge in [0.15, 0.2) is 0 Å². The van der Waals surface area contributed by atoms with Gasteiger partial charge in [-0.3, -0.25) is 14.6 Å². The number of aromatic nitrogens is 1. The highest BCUT2D eigenvalue weighted by Gasteiger charge is 2.50. The molecule has 5 heteroatoms. The van der Waals surface area contributed by atoms with Gasteiger partial charge in [-0.1, -0.05) is 31.7 Å². The van der Waals surface area contributed by atoms with Crippen LogP contribution in [0.2, 0.25) is 0 Å². The lowest BCUT2D eigenvalue weighted by Gasteiger charge is -2.39. The molecule has 0 radical (unpaired) electrons. The fourth-order valence-electron chi connectivity index (χ4n) is 5.24. The van der Waals surface area contributed by atoms with Gasteiger partial charge in [-0.15, -0.1) is 0 Å². The number of carbonyl (C=O) groups excluding carboxylic acids is 2. The zero-order valence-corrected chi connectivity index (χ0v) is 15.5. The molecule has 1 aromatic heterocycles. The van der Waals surface area contributed by atoms with Crippen LogP contribution in [0.3, 0.4) is 0 Å². The van der Waals surface area contributed by atoms with Crippen LogP contribution in [0, 0.1) is 5.92 Å². The van der Waals surface area contributed by atoms with Gasteiger partial charge in [-0.2, -0.15) is 0 Å². The molecule has 2 atom stereocenters. The lowest BCUT2D eigenvalue weighted by atomic mass is 9.77. The van der Waals surface area contributed by atoms with Crippen LogP contribution >= 0.6 is 0 Å². The minimum Gasteiger partial charge on any atom is -0.348 e. The van der Waals surface area contributed by atoms with Crippen molar-refractivity contribution in [2.75, 3.05) is 13.1 Å². The van der Waals surface area contributed by atoms with Crippen molar-refractivity contribution in [2.45, 2.75) is 69.2 Å². The normalized spacial score (nSPS) is 29.3. The van der Waals surface area contributed by atoms with E-state index in [2.05, 4.69) is 16.4 Å². The third kappa shape index (κ3) is 3.49. The molecule has 26 heavy (non-hydrogen) atoms. The summed E-state index contributed by atoms with van der Waals surface area (Å²) in [6.07, 6.45) is 13.0. The van der Waals surface area contributed by atoms with Gasteiger partial charge in [0.25, 0.3) is 0 Å². The third-order valence-electron chi connectivity index (χ3n) is 6.64. The maximum atomic E-state index is 12.9. The molecule has 2 amide bonds. The highest BCUT2D eigenvalue weighted by Crippen LogP contribution is 2.41. The van der Waals surface area contributed by atoms with Crippen LogP contribution in [0.15, 0.2) is 24.5 Å². The Bertz CT molecular complexity index is 656. The zero-order valence-electron chi connectivity index (χ0n) is 15.5. The summed E-state index contributed by atoms with van der Waals surface area (Å²) in [6, 6.07) is 4.02. The number of rotatable bonds is 4. The molecule has 3 fully saturated rings. The number of hydrogen-bond acceptors (Lipinski definition) is 3. The molecule has 1 aromatic rings. The Hall–Kier alpha value is -1.91. The molecule has 3 aliphatic rings. The summed E-state index contributed by atoms with van der Waals surface area (Å²) in [5, 5.41) is 3.26. The van der Waals surface area contributed by atoms with Crippen LogP contribution in [0.5, 0.6) is 0 Å².